The van der Waals surface area contributed by atoms with Gasteiger partial charge < -0.3 is 4.74 Å². The highest BCUT2D eigenvalue weighted by Crippen LogP contribution is 1.97. The molecule has 0 amide bonds. The number of aromatic nitrogens is 3. The molecule has 0 N–H and O–H groups in total. The predicted molar refractivity (Wildman–Crippen MR) is 46.1 cm³/mol. The summed E-state index contributed by atoms with van der Waals surface area (Å²) in [6, 6.07) is 0. The summed E-state index contributed by atoms with van der Waals surface area (Å²) in [4.78, 5) is 15.2. The summed E-state index contributed by atoms with van der Waals surface area (Å²) in [6.07, 6.45) is 0.186. The average Bonchev–Trinajstić information content (AvgIpc) is 2.30. The van der Waals surface area contributed by atoms with Gasteiger partial charge in [-0.05, 0) is 13.8 Å². The molecule has 5 heteroatoms. The van der Waals surface area contributed by atoms with Gasteiger partial charge in [-0.3, -0.25) is 9.48 Å². The number of hydrogen-bond donors (Lipinski definition) is 0. The summed E-state index contributed by atoms with van der Waals surface area (Å²) in [5, 5.41) is 4.02. The van der Waals surface area contributed by atoms with Crippen molar-refractivity contribution in [1.29, 1.82) is 0 Å². The molecule has 1 aromatic heterocycles. The minimum absolute atomic E-state index is 0.186. The van der Waals surface area contributed by atoms with Crippen molar-refractivity contribution < 1.29 is 9.53 Å². The van der Waals surface area contributed by atoms with Crippen molar-refractivity contribution in [2.24, 2.45) is 7.05 Å². The molecular formula is C8H13N3O2. The Morgan fingerprint density at radius 3 is 2.77 bits per heavy atom. The molecule has 0 aromatic carbocycles. The third-order valence-corrected chi connectivity index (χ3v) is 1.57. The van der Waals surface area contributed by atoms with Crippen LogP contribution in [0.1, 0.15) is 18.6 Å². The molecule has 1 aromatic rings. The molecule has 13 heavy (non-hydrogen) atoms. The molecule has 1 heterocycles. The van der Waals surface area contributed by atoms with Crippen LogP contribution in [0.15, 0.2) is 0 Å². The van der Waals surface area contributed by atoms with Crippen molar-refractivity contribution in [2.75, 3.05) is 6.61 Å². The molecule has 0 spiro atoms. The Bertz CT molecular complexity index is 306. The van der Waals surface area contributed by atoms with E-state index in [1.807, 2.05) is 0 Å². The maximum absolute atomic E-state index is 11.1. The first-order valence-electron chi connectivity index (χ1n) is 4.15. The summed E-state index contributed by atoms with van der Waals surface area (Å²) in [5.41, 5.74) is 0. The Morgan fingerprint density at radius 1 is 1.62 bits per heavy atom. The number of rotatable bonds is 3. The van der Waals surface area contributed by atoms with E-state index in [-0.39, 0.29) is 12.4 Å². The fourth-order valence-electron chi connectivity index (χ4n) is 1.05. The van der Waals surface area contributed by atoms with E-state index in [2.05, 4.69) is 10.1 Å². The van der Waals surface area contributed by atoms with E-state index in [1.54, 1.807) is 25.6 Å². The van der Waals surface area contributed by atoms with E-state index >= 15 is 0 Å². The molecule has 72 valence electrons. The van der Waals surface area contributed by atoms with E-state index in [0.29, 0.717) is 18.3 Å². The fraction of sp³-hybridized carbons (Fsp3) is 0.625. The molecule has 0 fully saturated rings. The molecule has 0 saturated carbocycles. The third-order valence-electron chi connectivity index (χ3n) is 1.57. The van der Waals surface area contributed by atoms with Crippen LogP contribution in [-0.4, -0.2) is 27.3 Å². The number of ether oxygens (including phenoxy) is 1. The number of carbonyl (C=O) groups is 1. The molecule has 0 radical (unpaired) electrons. The Hall–Kier alpha value is -1.39. The molecule has 0 unspecified atom stereocenters. The fourth-order valence-corrected chi connectivity index (χ4v) is 1.05. The SMILES string of the molecule is CCOC(=O)Cc1nc(C)nn1C. The smallest absolute Gasteiger partial charge is 0.313 e. The summed E-state index contributed by atoms with van der Waals surface area (Å²) >= 11 is 0. The lowest BCUT2D eigenvalue weighted by Crippen LogP contribution is -2.11. The molecule has 0 aliphatic heterocycles. The molecule has 0 aliphatic carbocycles. The maximum Gasteiger partial charge on any atom is 0.313 e. The Balaban J connectivity index is 2.63. The van der Waals surface area contributed by atoms with Gasteiger partial charge in [-0.1, -0.05) is 0 Å². The third kappa shape index (κ3) is 2.54. The average molecular weight is 183 g/mol. The highest BCUT2D eigenvalue weighted by atomic mass is 16.5. The number of aryl methyl sites for hydroxylation is 2. The molecule has 0 bridgehead atoms. The van der Waals surface area contributed by atoms with Crippen molar-refractivity contribution >= 4 is 5.97 Å². The van der Waals surface area contributed by atoms with Crippen LogP contribution in [0.4, 0.5) is 0 Å². The lowest BCUT2D eigenvalue weighted by atomic mass is 10.4. The molecule has 1 rings (SSSR count). The van der Waals surface area contributed by atoms with Gasteiger partial charge in [0.15, 0.2) is 0 Å². The van der Waals surface area contributed by atoms with E-state index in [1.165, 1.54) is 0 Å². The molecule has 0 saturated heterocycles. The molecule has 0 atom stereocenters. The zero-order valence-corrected chi connectivity index (χ0v) is 8.07. The van der Waals surface area contributed by atoms with E-state index in [0.717, 1.165) is 0 Å². The quantitative estimate of drug-likeness (QED) is 0.629. The van der Waals surface area contributed by atoms with Crippen molar-refractivity contribution in [3.8, 4) is 0 Å². The molecular weight excluding hydrogens is 170 g/mol. The lowest BCUT2D eigenvalue weighted by Gasteiger charge is -1.99. The first-order valence-corrected chi connectivity index (χ1v) is 4.15. The first-order chi connectivity index (χ1) is 6.13. The number of nitrogens with zero attached hydrogens (tertiary/aromatic N) is 3. The molecule has 0 aliphatic rings. The predicted octanol–water partition coefficient (Wildman–Crippen LogP) is 0.229. The van der Waals surface area contributed by atoms with Crippen LogP contribution in [0.3, 0.4) is 0 Å². The maximum atomic E-state index is 11.1. The number of hydrogen-bond acceptors (Lipinski definition) is 4. The summed E-state index contributed by atoms with van der Waals surface area (Å²) in [6.45, 7) is 3.96. The standard InChI is InChI=1S/C8H13N3O2/c1-4-13-8(12)5-7-9-6(2)10-11(7)3/h4-5H2,1-3H3. The van der Waals surface area contributed by atoms with Gasteiger partial charge >= 0.3 is 5.97 Å². The second-order valence-electron chi connectivity index (χ2n) is 2.68. The van der Waals surface area contributed by atoms with Gasteiger partial charge in [-0.2, -0.15) is 5.10 Å². The lowest BCUT2D eigenvalue weighted by molar-refractivity contribution is -0.142. The van der Waals surface area contributed by atoms with Crippen molar-refractivity contribution in [3.63, 3.8) is 0 Å². The number of carbonyl (C=O) groups excluding carboxylic acids is 1. The highest BCUT2D eigenvalue weighted by molar-refractivity contribution is 5.71. The number of esters is 1. The highest BCUT2D eigenvalue weighted by Gasteiger charge is 2.09. The van der Waals surface area contributed by atoms with Crippen molar-refractivity contribution in [2.45, 2.75) is 20.3 Å². The Kier molecular flexibility index (Phi) is 3.00. The van der Waals surface area contributed by atoms with Gasteiger partial charge in [0.2, 0.25) is 0 Å². The van der Waals surface area contributed by atoms with Crippen LogP contribution in [0.2, 0.25) is 0 Å². The van der Waals surface area contributed by atoms with E-state index in [4.69, 9.17) is 4.74 Å². The molecule has 5 nitrogen and oxygen atoms in total. The summed E-state index contributed by atoms with van der Waals surface area (Å²) in [5.74, 6) is 1.04. The van der Waals surface area contributed by atoms with E-state index < -0.39 is 0 Å². The second-order valence-corrected chi connectivity index (χ2v) is 2.68. The van der Waals surface area contributed by atoms with Crippen molar-refractivity contribution in [3.05, 3.63) is 11.6 Å². The summed E-state index contributed by atoms with van der Waals surface area (Å²) in [7, 11) is 1.76. The Morgan fingerprint density at radius 2 is 2.31 bits per heavy atom. The van der Waals surface area contributed by atoms with Crippen molar-refractivity contribution in [1.82, 2.24) is 14.8 Å². The Labute approximate surface area is 76.7 Å². The van der Waals surface area contributed by atoms with E-state index in [9.17, 15) is 4.79 Å². The van der Waals surface area contributed by atoms with Crippen LogP contribution in [0.25, 0.3) is 0 Å². The van der Waals surface area contributed by atoms with Crippen LogP contribution >= 0.6 is 0 Å². The van der Waals surface area contributed by atoms with Crippen LogP contribution in [-0.2, 0) is 23.0 Å². The second kappa shape index (κ2) is 4.02. The zero-order valence-electron chi connectivity index (χ0n) is 8.07. The largest absolute Gasteiger partial charge is 0.466 e. The summed E-state index contributed by atoms with van der Waals surface area (Å²) < 4.78 is 6.38. The van der Waals surface area contributed by atoms with Gasteiger partial charge in [0.25, 0.3) is 0 Å². The van der Waals surface area contributed by atoms with Crippen LogP contribution < -0.4 is 0 Å². The monoisotopic (exact) mass is 183 g/mol. The normalized spacial score (nSPS) is 10.1. The van der Waals surface area contributed by atoms with Gasteiger partial charge in [-0.15, -0.1) is 0 Å². The van der Waals surface area contributed by atoms with Gasteiger partial charge in [-0.25, -0.2) is 4.98 Å². The topological polar surface area (TPSA) is 57.0 Å². The first kappa shape index (κ1) is 9.70. The van der Waals surface area contributed by atoms with Gasteiger partial charge in [0.1, 0.15) is 18.1 Å². The zero-order chi connectivity index (χ0) is 9.84. The van der Waals surface area contributed by atoms with Gasteiger partial charge in [0, 0.05) is 7.05 Å². The minimum atomic E-state index is -0.266. The van der Waals surface area contributed by atoms with Gasteiger partial charge in [0.05, 0.1) is 6.61 Å². The van der Waals surface area contributed by atoms with Crippen LogP contribution in [0, 0.1) is 6.92 Å². The van der Waals surface area contributed by atoms with Crippen LogP contribution in [0.5, 0.6) is 0 Å². The minimum Gasteiger partial charge on any atom is -0.466 e.